The van der Waals surface area contributed by atoms with Crippen molar-refractivity contribution in [2.75, 3.05) is 22.5 Å². The zero-order valence-electron chi connectivity index (χ0n) is 14.3. The number of hydrogen-bond acceptors (Lipinski definition) is 6. The number of para-hydroxylation sites is 1. The molecule has 2 heterocycles. The molecule has 0 atom stereocenters. The molecule has 0 saturated heterocycles. The third kappa shape index (κ3) is 4.01. The summed E-state index contributed by atoms with van der Waals surface area (Å²) < 4.78 is 0.652. The van der Waals surface area contributed by atoms with Gasteiger partial charge in [-0.15, -0.1) is 10.2 Å². The number of fused-ring (bicyclic) bond motifs is 1. The lowest BCUT2D eigenvalue weighted by atomic mass is 10.2. The van der Waals surface area contributed by atoms with Crippen molar-refractivity contribution in [3.63, 3.8) is 0 Å². The fourth-order valence-electron chi connectivity index (χ4n) is 2.88. The van der Waals surface area contributed by atoms with Gasteiger partial charge in [-0.1, -0.05) is 59.5 Å². The van der Waals surface area contributed by atoms with Crippen molar-refractivity contribution in [3.8, 4) is 0 Å². The molecule has 0 spiro atoms. The Hall–Kier alpha value is -2.71. The third-order valence-corrected chi connectivity index (χ3v) is 6.13. The van der Waals surface area contributed by atoms with E-state index in [1.165, 1.54) is 28.7 Å². The lowest BCUT2D eigenvalue weighted by Crippen LogP contribution is -2.30. The molecule has 1 N–H and O–H groups in total. The Kier molecular flexibility index (Phi) is 5.17. The second kappa shape index (κ2) is 7.89. The van der Waals surface area contributed by atoms with Gasteiger partial charge < -0.3 is 4.90 Å². The first kappa shape index (κ1) is 17.7. The Morgan fingerprint density at radius 2 is 1.85 bits per heavy atom. The summed E-state index contributed by atoms with van der Waals surface area (Å²) in [5.41, 5.74) is 2.76. The van der Waals surface area contributed by atoms with Crippen LogP contribution in [0, 0.1) is 0 Å². The van der Waals surface area contributed by atoms with Crippen LogP contribution in [-0.4, -0.2) is 34.3 Å². The molecular formula is C19H16N4O2S2. The summed E-state index contributed by atoms with van der Waals surface area (Å²) in [4.78, 5) is 26.5. The van der Waals surface area contributed by atoms with E-state index >= 15 is 0 Å². The van der Waals surface area contributed by atoms with Crippen LogP contribution in [-0.2, 0) is 11.2 Å². The van der Waals surface area contributed by atoms with E-state index in [-0.39, 0.29) is 17.6 Å². The largest absolute Gasteiger partial charge is 0.311 e. The maximum atomic E-state index is 12.5. The number of benzene rings is 2. The fourth-order valence-corrected chi connectivity index (χ4v) is 4.50. The summed E-state index contributed by atoms with van der Waals surface area (Å²) in [6.07, 6.45) is 0.890. The summed E-state index contributed by atoms with van der Waals surface area (Å²) in [7, 11) is 0. The fraction of sp³-hybridized carbons (Fsp3) is 0.158. The van der Waals surface area contributed by atoms with Crippen LogP contribution in [0.25, 0.3) is 0 Å². The van der Waals surface area contributed by atoms with E-state index in [2.05, 4.69) is 21.6 Å². The van der Waals surface area contributed by atoms with E-state index in [9.17, 15) is 9.59 Å². The number of hydrogen-bond donors (Lipinski definition) is 1. The van der Waals surface area contributed by atoms with Crippen LogP contribution in [0.2, 0.25) is 0 Å². The molecule has 2 amide bonds. The van der Waals surface area contributed by atoms with E-state index in [0.717, 1.165) is 12.1 Å². The molecule has 3 aromatic rings. The van der Waals surface area contributed by atoms with Gasteiger partial charge in [0.05, 0.1) is 5.75 Å². The summed E-state index contributed by atoms with van der Waals surface area (Å²) in [6, 6.07) is 16.9. The van der Waals surface area contributed by atoms with Gasteiger partial charge in [0.15, 0.2) is 4.34 Å². The topological polar surface area (TPSA) is 75.2 Å². The van der Waals surface area contributed by atoms with E-state index in [4.69, 9.17) is 0 Å². The molecule has 0 saturated carbocycles. The van der Waals surface area contributed by atoms with Crippen LogP contribution in [0.5, 0.6) is 0 Å². The summed E-state index contributed by atoms with van der Waals surface area (Å²) >= 11 is 2.60. The van der Waals surface area contributed by atoms with Crippen molar-refractivity contribution in [3.05, 3.63) is 65.7 Å². The molecular weight excluding hydrogens is 380 g/mol. The molecule has 1 aliphatic rings. The van der Waals surface area contributed by atoms with Gasteiger partial charge >= 0.3 is 0 Å². The highest BCUT2D eigenvalue weighted by Gasteiger charge is 2.24. The second-order valence-electron chi connectivity index (χ2n) is 5.91. The van der Waals surface area contributed by atoms with Gasteiger partial charge in [0.2, 0.25) is 11.0 Å². The van der Waals surface area contributed by atoms with E-state index in [1.807, 2.05) is 29.2 Å². The first-order valence-corrected chi connectivity index (χ1v) is 10.2. The highest BCUT2D eigenvalue weighted by atomic mass is 32.2. The number of anilines is 2. The second-order valence-corrected chi connectivity index (χ2v) is 8.11. The third-order valence-electron chi connectivity index (χ3n) is 4.17. The van der Waals surface area contributed by atoms with Crippen LogP contribution >= 0.6 is 23.1 Å². The predicted molar refractivity (Wildman–Crippen MR) is 108 cm³/mol. The molecule has 1 aliphatic heterocycles. The molecule has 1 aromatic heterocycles. The maximum Gasteiger partial charge on any atom is 0.257 e. The van der Waals surface area contributed by atoms with Crippen molar-refractivity contribution in [1.82, 2.24) is 10.2 Å². The molecule has 0 unspecified atom stereocenters. The van der Waals surface area contributed by atoms with E-state index in [1.54, 1.807) is 24.3 Å². The molecule has 6 nitrogen and oxygen atoms in total. The van der Waals surface area contributed by atoms with Crippen molar-refractivity contribution in [2.24, 2.45) is 0 Å². The minimum Gasteiger partial charge on any atom is -0.311 e. The maximum absolute atomic E-state index is 12.5. The van der Waals surface area contributed by atoms with E-state index < -0.39 is 0 Å². The Morgan fingerprint density at radius 3 is 2.70 bits per heavy atom. The quantitative estimate of drug-likeness (QED) is 0.528. The monoisotopic (exact) mass is 396 g/mol. The average Bonchev–Trinajstić information content (AvgIpc) is 3.33. The summed E-state index contributed by atoms with van der Waals surface area (Å²) in [5, 5.41) is 11.2. The standard InChI is InChI=1S/C19H16N4O2S2/c24-16(23-11-10-13-6-4-5-9-15(13)23)12-26-19-22-21-18(27-19)20-17(25)14-7-2-1-3-8-14/h1-9H,10-12H2,(H,20,21,25). The molecule has 4 rings (SSSR count). The van der Waals surface area contributed by atoms with Crippen molar-refractivity contribution in [2.45, 2.75) is 10.8 Å². The number of thioether (sulfide) groups is 1. The van der Waals surface area contributed by atoms with Crippen LogP contribution in [0.4, 0.5) is 10.8 Å². The predicted octanol–water partition coefficient (Wildman–Crippen LogP) is 3.47. The van der Waals surface area contributed by atoms with Gasteiger partial charge in [0, 0.05) is 17.8 Å². The first-order chi connectivity index (χ1) is 13.2. The number of nitrogens with one attached hydrogen (secondary N) is 1. The zero-order chi connectivity index (χ0) is 18.6. The van der Waals surface area contributed by atoms with Gasteiger partial charge in [0.25, 0.3) is 5.91 Å². The highest BCUT2D eigenvalue weighted by molar-refractivity contribution is 8.01. The lowest BCUT2D eigenvalue weighted by Gasteiger charge is -2.16. The molecule has 136 valence electrons. The Morgan fingerprint density at radius 1 is 1.07 bits per heavy atom. The Balaban J connectivity index is 1.34. The molecule has 0 fully saturated rings. The zero-order valence-corrected chi connectivity index (χ0v) is 15.9. The molecule has 8 heteroatoms. The van der Waals surface area contributed by atoms with Gasteiger partial charge in [-0.3, -0.25) is 14.9 Å². The first-order valence-electron chi connectivity index (χ1n) is 8.42. The average molecular weight is 396 g/mol. The molecule has 0 aliphatic carbocycles. The number of amides is 2. The van der Waals surface area contributed by atoms with Gasteiger partial charge in [0.1, 0.15) is 0 Å². The number of nitrogens with zero attached hydrogens (tertiary/aromatic N) is 3. The van der Waals surface area contributed by atoms with Gasteiger partial charge in [-0.2, -0.15) is 0 Å². The minimum absolute atomic E-state index is 0.0509. The Labute approximate surface area is 164 Å². The summed E-state index contributed by atoms with van der Waals surface area (Å²) in [5.74, 6) is 0.110. The Bertz CT molecular complexity index is 975. The van der Waals surface area contributed by atoms with Crippen LogP contribution in [0.15, 0.2) is 58.9 Å². The van der Waals surface area contributed by atoms with E-state index in [0.29, 0.717) is 21.6 Å². The minimum atomic E-state index is -0.229. The number of carbonyl (C=O) groups is 2. The number of rotatable bonds is 5. The molecule has 2 aromatic carbocycles. The number of carbonyl (C=O) groups excluding carboxylic acids is 2. The van der Waals surface area contributed by atoms with Crippen molar-refractivity contribution < 1.29 is 9.59 Å². The highest BCUT2D eigenvalue weighted by Crippen LogP contribution is 2.30. The normalized spacial score (nSPS) is 12.7. The molecule has 0 bridgehead atoms. The van der Waals surface area contributed by atoms with Gasteiger partial charge in [-0.25, -0.2) is 0 Å². The van der Waals surface area contributed by atoms with Crippen molar-refractivity contribution in [1.29, 1.82) is 0 Å². The molecule has 0 radical (unpaired) electrons. The van der Waals surface area contributed by atoms with Crippen LogP contribution < -0.4 is 10.2 Å². The summed E-state index contributed by atoms with van der Waals surface area (Å²) in [6.45, 7) is 0.716. The van der Waals surface area contributed by atoms with Gasteiger partial charge in [-0.05, 0) is 30.2 Å². The lowest BCUT2D eigenvalue weighted by molar-refractivity contribution is -0.116. The smallest absolute Gasteiger partial charge is 0.257 e. The SMILES string of the molecule is O=C(Nc1nnc(SCC(=O)N2CCc3ccccc32)s1)c1ccccc1. The van der Waals surface area contributed by atoms with Crippen molar-refractivity contribution >= 4 is 45.7 Å². The molecule has 27 heavy (non-hydrogen) atoms. The van der Waals surface area contributed by atoms with Crippen LogP contribution in [0.3, 0.4) is 0 Å². The van der Waals surface area contributed by atoms with Crippen LogP contribution in [0.1, 0.15) is 15.9 Å². The number of aromatic nitrogens is 2.